The summed E-state index contributed by atoms with van der Waals surface area (Å²) in [5.41, 5.74) is 4.03. The van der Waals surface area contributed by atoms with Crippen molar-refractivity contribution in [2.75, 3.05) is 0 Å². The third kappa shape index (κ3) is 2.84. The van der Waals surface area contributed by atoms with Gasteiger partial charge in [0.1, 0.15) is 5.82 Å². The molecule has 104 valence electrons. The van der Waals surface area contributed by atoms with Gasteiger partial charge in [-0.05, 0) is 36.8 Å². The van der Waals surface area contributed by atoms with Crippen LogP contribution in [0, 0.1) is 6.92 Å². The minimum Gasteiger partial charge on any atom is -0.478 e. The fourth-order valence-electron chi connectivity index (χ4n) is 2.09. The number of carbonyl (C=O) groups is 1. The number of H-pyrrole nitrogens is 1. The molecule has 2 N–H and O–H groups in total. The molecule has 0 aliphatic rings. The Hall–Kier alpha value is -2.88. The molecule has 21 heavy (non-hydrogen) atoms. The van der Waals surface area contributed by atoms with Gasteiger partial charge in [0.25, 0.3) is 0 Å². The SMILES string of the molecule is Cc1ccc(/C=C/c2nc3ccc(C(=O)O)cc3[nH]2)cc1. The summed E-state index contributed by atoms with van der Waals surface area (Å²) in [4.78, 5) is 18.5. The smallest absolute Gasteiger partial charge is 0.335 e. The first-order chi connectivity index (χ1) is 10.1. The summed E-state index contributed by atoms with van der Waals surface area (Å²) in [5.74, 6) is -0.239. The molecule has 1 heterocycles. The summed E-state index contributed by atoms with van der Waals surface area (Å²) in [5, 5.41) is 8.98. The molecule has 0 amide bonds. The van der Waals surface area contributed by atoms with Gasteiger partial charge >= 0.3 is 5.97 Å². The second-order valence-electron chi connectivity index (χ2n) is 4.90. The molecule has 0 saturated heterocycles. The van der Waals surface area contributed by atoms with Crippen molar-refractivity contribution in [3.63, 3.8) is 0 Å². The van der Waals surface area contributed by atoms with E-state index < -0.39 is 5.97 Å². The number of hydrogen-bond acceptors (Lipinski definition) is 2. The number of fused-ring (bicyclic) bond motifs is 1. The van der Waals surface area contributed by atoms with E-state index in [2.05, 4.69) is 22.1 Å². The fourth-order valence-corrected chi connectivity index (χ4v) is 2.09. The highest BCUT2D eigenvalue weighted by atomic mass is 16.4. The Morgan fingerprint density at radius 3 is 2.62 bits per heavy atom. The fraction of sp³-hybridized carbons (Fsp3) is 0.0588. The second-order valence-corrected chi connectivity index (χ2v) is 4.90. The van der Waals surface area contributed by atoms with Gasteiger partial charge in [0.15, 0.2) is 0 Å². The second kappa shape index (κ2) is 5.25. The largest absolute Gasteiger partial charge is 0.478 e. The van der Waals surface area contributed by atoms with Gasteiger partial charge in [-0.3, -0.25) is 0 Å². The Morgan fingerprint density at radius 2 is 1.90 bits per heavy atom. The molecule has 3 aromatic rings. The van der Waals surface area contributed by atoms with Crippen molar-refractivity contribution in [1.82, 2.24) is 9.97 Å². The summed E-state index contributed by atoms with van der Waals surface area (Å²) in [7, 11) is 0. The zero-order valence-corrected chi connectivity index (χ0v) is 11.5. The van der Waals surface area contributed by atoms with Crippen LogP contribution < -0.4 is 0 Å². The number of nitrogens with one attached hydrogen (secondary N) is 1. The van der Waals surface area contributed by atoms with E-state index in [1.807, 2.05) is 31.2 Å². The molecule has 2 aromatic carbocycles. The van der Waals surface area contributed by atoms with Gasteiger partial charge in [-0.15, -0.1) is 0 Å². The number of carboxylic acid groups (broad SMARTS) is 1. The quantitative estimate of drug-likeness (QED) is 0.767. The molecule has 0 spiro atoms. The van der Waals surface area contributed by atoms with E-state index in [0.29, 0.717) is 5.82 Å². The van der Waals surface area contributed by atoms with Gasteiger partial charge in [-0.1, -0.05) is 35.9 Å². The zero-order chi connectivity index (χ0) is 14.8. The topological polar surface area (TPSA) is 66.0 Å². The lowest BCUT2D eigenvalue weighted by molar-refractivity contribution is 0.0697. The summed E-state index contributed by atoms with van der Waals surface area (Å²) in [6.07, 6.45) is 3.85. The van der Waals surface area contributed by atoms with Gasteiger partial charge in [0, 0.05) is 0 Å². The van der Waals surface area contributed by atoms with Crippen molar-refractivity contribution in [2.45, 2.75) is 6.92 Å². The van der Waals surface area contributed by atoms with E-state index in [1.165, 1.54) is 5.56 Å². The number of nitrogens with zero attached hydrogens (tertiary/aromatic N) is 1. The summed E-state index contributed by atoms with van der Waals surface area (Å²) in [6, 6.07) is 13.0. The van der Waals surface area contributed by atoms with Crippen LogP contribution in [-0.4, -0.2) is 21.0 Å². The van der Waals surface area contributed by atoms with Crippen LogP contribution >= 0.6 is 0 Å². The van der Waals surface area contributed by atoms with E-state index >= 15 is 0 Å². The molecule has 0 aliphatic heterocycles. The summed E-state index contributed by atoms with van der Waals surface area (Å²) >= 11 is 0. The number of imidazole rings is 1. The molecule has 0 radical (unpaired) electrons. The van der Waals surface area contributed by atoms with Crippen molar-refractivity contribution in [3.8, 4) is 0 Å². The minimum atomic E-state index is -0.941. The lowest BCUT2D eigenvalue weighted by atomic mass is 10.1. The number of aromatic nitrogens is 2. The van der Waals surface area contributed by atoms with E-state index in [0.717, 1.165) is 16.6 Å². The van der Waals surface area contributed by atoms with Gasteiger partial charge < -0.3 is 10.1 Å². The van der Waals surface area contributed by atoms with Crippen molar-refractivity contribution in [3.05, 3.63) is 65.0 Å². The van der Waals surface area contributed by atoms with Crippen LogP contribution in [0.1, 0.15) is 27.3 Å². The van der Waals surface area contributed by atoms with Crippen molar-refractivity contribution in [2.24, 2.45) is 0 Å². The number of benzene rings is 2. The molecule has 0 saturated carbocycles. The summed E-state index contributed by atoms with van der Waals surface area (Å²) in [6.45, 7) is 2.05. The molecule has 0 atom stereocenters. The molecular weight excluding hydrogens is 264 g/mol. The Kier molecular flexibility index (Phi) is 3.28. The Labute approximate surface area is 121 Å². The maximum Gasteiger partial charge on any atom is 0.335 e. The Morgan fingerprint density at radius 1 is 1.14 bits per heavy atom. The minimum absolute atomic E-state index is 0.250. The predicted octanol–water partition coefficient (Wildman–Crippen LogP) is 3.74. The maximum atomic E-state index is 10.9. The van der Waals surface area contributed by atoms with Gasteiger partial charge in [0.2, 0.25) is 0 Å². The van der Waals surface area contributed by atoms with Gasteiger partial charge in [-0.2, -0.15) is 0 Å². The standard InChI is InChI=1S/C17H14N2O2/c1-11-2-4-12(5-3-11)6-9-16-18-14-8-7-13(17(20)21)10-15(14)19-16/h2-10H,1H3,(H,18,19)(H,20,21)/b9-6+. The highest BCUT2D eigenvalue weighted by Gasteiger charge is 2.06. The Balaban J connectivity index is 1.90. The van der Waals surface area contributed by atoms with Crippen LogP contribution in [0.4, 0.5) is 0 Å². The lowest BCUT2D eigenvalue weighted by Gasteiger charge is -1.93. The highest BCUT2D eigenvalue weighted by molar-refractivity contribution is 5.92. The third-order valence-electron chi connectivity index (χ3n) is 3.26. The molecule has 4 heteroatoms. The first kappa shape index (κ1) is 13.1. The molecule has 0 fully saturated rings. The zero-order valence-electron chi connectivity index (χ0n) is 11.5. The molecule has 4 nitrogen and oxygen atoms in total. The lowest BCUT2D eigenvalue weighted by Crippen LogP contribution is -1.94. The highest BCUT2D eigenvalue weighted by Crippen LogP contribution is 2.15. The Bertz CT molecular complexity index is 830. The van der Waals surface area contributed by atoms with Crippen molar-refractivity contribution in [1.29, 1.82) is 0 Å². The van der Waals surface area contributed by atoms with Crippen LogP contribution in [-0.2, 0) is 0 Å². The van der Waals surface area contributed by atoms with Crippen molar-refractivity contribution < 1.29 is 9.90 Å². The monoisotopic (exact) mass is 278 g/mol. The van der Waals surface area contributed by atoms with Crippen molar-refractivity contribution >= 4 is 29.2 Å². The van der Waals surface area contributed by atoms with E-state index in [1.54, 1.807) is 18.2 Å². The maximum absolute atomic E-state index is 10.9. The van der Waals surface area contributed by atoms with Crippen LogP contribution in [0.25, 0.3) is 23.2 Å². The number of hydrogen-bond donors (Lipinski definition) is 2. The van der Waals surface area contributed by atoms with E-state index in [-0.39, 0.29) is 5.56 Å². The molecule has 1 aromatic heterocycles. The molecule has 0 bridgehead atoms. The number of rotatable bonds is 3. The first-order valence-electron chi connectivity index (χ1n) is 6.60. The molecular formula is C17H14N2O2. The predicted molar refractivity (Wildman–Crippen MR) is 83.2 cm³/mol. The number of carboxylic acids is 1. The molecule has 0 unspecified atom stereocenters. The molecule has 0 aliphatic carbocycles. The van der Waals surface area contributed by atoms with Crippen LogP contribution in [0.3, 0.4) is 0 Å². The number of aryl methyl sites for hydroxylation is 1. The van der Waals surface area contributed by atoms with Crippen LogP contribution in [0.15, 0.2) is 42.5 Å². The average Bonchev–Trinajstić information content (AvgIpc) is 2.88. The van der Waals surface area contributed by atoms with Crippen LogP contribution in [0.5, 0.6) is 0 Å². The average molecular weight is 278 g/mol. The normalized spacial score (nSPS) is 11.3. The number of aromatic carboxylic acids is 1. The summed E-state index contributed by atoms with van der Waals surface area (Å²) < 4.78 is 0. The van der Waals surface area contributed by atoms with Gasteiger partial charge in [-0.25, -0.2) is 9.78 Å². The van der Waals surface area contributed by atoms with E-state index in [9.17, 15) is 4.79 Å². The first-order valence-corrected chi connectivity index (χ1v) is 6.60. The third-order valence-corrected chi connectivity index (χ3v) is 3.26. The molecule has 3 rings (SSSR count). The number of aromatic amines is 1. The van der Waals surface area contributed by atoms with E-state index in [4.69, 9.17) is 5.11 Å². The van der Waals surface area contributed by atoms with Gasteiger partial charge in [0.05, 0.1) is 16.6 Å². The van der Waals surface area contributed by atoms with Crippen LogP contribution in [0.2, 0.25) is 0 Å².